The molecule has 0 spiro atoms. The van der Waals surface area contributed by atoms with E-state index in [1.807, 2.05) is 12.1 Å². The Kier molecular flexibility index (Phi) is 5.18. The zero-order valence-electron chi connectivity index (χ0n) is 12.3. The van der Waals surface area contributed by atoms with Gasteiger partial charge < -0.3 is 5.32 Å². The second kappa shape index (κ2) is 6.70. The Morgan fingerprint density at radius 3 is 2.60 bits per heavy atom. The van der Waals surface area contributed by atoms with Crippen LogP contribution in [0, 0.1) is 0 Å². The van der Waals surface area contributed by atoms with Crippen LogP contribution >= 0.6 is 0 Å². The first-order valence-electron chi connectivity index (χ1n) is 7.24. The summed E-state index contributed by atoms with van der Waals surface area (Å²) in [6.45, 7) is 6.35. The van der Waals surface area contributed by atoms with E-state index in [0.717, 1.165) is 26.2 Å². The van der Waals surface area contributed by atoms with Crippen LogP contribution in [0.3, 0.4) is 0 Å². The third-order valence-corrected chi connectivity index (χ3v) is 4.84. The number of sulfone groups is 1. The fourth-order valence-electron chi connectivity index (χ4n) is 2.59. The lowest BCUT2D eigenvalue weighted by Crippen LogP contribution is -2.32. The zero-order valence-corrected chi connectivity index (χ0v) is 13.1. The average molecular weight is 296 g/mol. The van der Waals surface area contributed by atoms with Crippen LogP contribution in [0.25, 0.3) is 0 Å². The van der Waals surface area contributed by atoms with Gasteiger partial charge in [0.25, 0.3) is 0 Å². The van der Waals surface area contributed by atoms with Crippen LogP contribution in [0.4, 0.5) is 0 Å². The van der Waals surface area contributed by atoms with Gasteiger partial charge in [0.15, 0.2) is 9.84 Å². The SMILES string of the molecule is CCCNC1CCN(Cc2ccc(S(C)(=O)=O)cc2)C1. The van der Waals surface area contributed by atoms with E-state index in [4.69, 9.17) is 0 Å². The molecule has 1 fully saturated rings. The Hall–Kier alpha value is -0.910. The van der Waals surface area contributed by atoms with Gasteiger partial charge in [0.1, 0.15) is 0 Å². The van der Waals surface area contributed by atoms with Crippen molar-refractivity contribution in [2.45, 2.75) is 37.2 Å². The third kappa shape index (κ3) is 4.30. The van der Waals surface area contributed by atoms with E-state index in [2.05, 4.69) is 17.1 Å². The van der Waals surface area contributed by atoms with Gasteiger partial charge in [-0.1, -0.05) is 19.1 Å². The molecule has 1 N–H and O–H groups in total. The van der Waals surface area contributed by atoms with Gasteiger partial charge in [0.05, 0.1) is 4.90 Å². The molecule has 20 heavy (non-hydrogen) atoms. The van der Waals surface area contributed by atoms with Crippen molar-refractivity contribution in [1.29, 1.82) is 0 Å². The van der Waals surface area contributed by atoms with Gasteiger partial charge in [0.2, 0.25) is 0 Å². The van der Waals surface area contributed by atoms with Crippen molar-refractivity contribution in [1.82, 2.24) is 10.2 Å². The number of benzene rings is 1. The van der Waals surface area contributed by atoms with Gasteiger partial charge in [-0.3, -0.25) is 4.90 Å². The minimum absolute atomic E-state index is 0.394. The van der Waals surface area contributed by atoms with Gasteiger partial charge in [-0.15, -0.1) is 0 Å². The fraction of sp³-hybridized carbons (Fsp3) is 0.600. The predicted octanol–water partition coefficient (Wildman–Crippen LogP) is 1.66. The number of hydrogen-bond donors (Lipinski definition) is 1. The van der Waals surface area contributed by atoms with E-state index in [-0.39, 0.29) is 0 Å². The van der Waals surface area contributed by atoms with Crippen molar-refractivity contribution in [2.24, 2.45) is 0 Å². The van der Waals surface area contributed by atoms with Crippen LogP contribution in [0.15, 0.2) is 29.2 Å². The number of hydrogen-bond acceptors (Lipinski definition) is 4. The molecule has 1 atom stereocenters. The van der Waals surface area contributed by atoms with Gasteiger partial charge in [0, 0.05) is 31.9 Å². The normalized spacial score (nSPS) is 20.4. The molecule has 4 nitrogen and oxygen atoms in total. The maximum absolute atomic E-state index is 11.4. The number of nitrogens with one attached hydrogen (secondary N) is 1. The van der Waals surface area contributed by atoms with E-state index < -0.39 is 9.84 Å². The molecule has 1 aliphatic heterocycles. The van der Waals surface area contributed by atoms with E-state index in [1.54, 1.807) is 12.1 Å². The number of likely N-dealkylation sites (tertiary alicyclic amines) is 1. The van der Waals surface area contributed by atoms with Gasteiger partial charge in [-0.05, 0) is 37.1 Å². The standard InChI is InChI=1S/C15H24N2O2S/c1-3-9-16-14-8-10-17(12-14)11-13-4-6-15(7-5-13)20(2,18)19/h4-7,14,16H,3,8-12H2,1-2H3. The lowest BCUT2D eigenvalue weighted by atomic mass is 10.2. The quantitative estimate of drug-likeness (QED) is 0.867. The molecule has 1 aromatic rings. The fourth-order valence-corrected chi connectivity index (χ4v) is 3.22. The molecule has 0 aliphatic carbocycles. The van der Waals surface area contributed by atoms with Crippen LogP contribution in [0.5, 0.6) is 0 Å². The summed E-state index contributed by atoms with van der Waals surface area (Å²) in [4.78, 5) is 2.81. The topological polar surface area (TPSA) is 49.4 Å². The van der Waals surface area contributed by atoms with Crippen LogP contribution in [0.2, 0.25) is 0 Å². The predicted molar refractivity (Wildman–Crippen MR) is 81.5 cm³/mol. The van der Waals surface area contributed by atoms with E-state index in [1.165, 1.54) is 24.7 Å². The Morgan fingerprint density at radius 1 is 1.30 bits per heavy atom. The molecule has 1 heterocycles. The first-order chi connectivity index (χ1) is 9.49. The number of rotatable bonds is 6. The summed E-state index contributed by atoms with van der Waals surface area (Å²) in [5, 5.41) is 3.56. The molecule has 1 unspecified atom stereocenters. The molecule has 0 bridgehead atoms. The van der Waals surface area contributed by atoms with Crippen molar-refractivity contribution in [3.05, 3.63) is 29.8 Å². The first kappa shape index (κ1) is 15.5. The van der Waals surface area contributed by atoms with Crippen LogP contribution < -0.4 is 5.32 Å². The Balaban J connectivity index is 1.88. The molecule has 1 saturated heterocycles. The highest BCUT2D eigenvalue weighted by Crippen LogP contribution is 2.15. The Morgan fingerprint density at radius 2 is 2.00 bits per heavy atom. The van der Waals surface area contributed by atoms with Crippen molar-refractivity contribution in [2.75, 3.05) is 25.9 Å². The maximum Gasteiger partial charge on any atom is 0.175 e. The average Bonchev–Trinajstić information content (AvgIpc) is 2.83. The summed E-state index contributed by atoms with van der Waals surface area (Å²) in [5.41, 5.74) is 1.17. The molecular weight excluding hydrogens is 272 g/mol. The summed E-state index contributed by atoms with van der Waals surface area (Å²) in [5.74, 6) is 0. The van der Waals surface area contributed by atoms with Crippen LogP contribution in [0.1, 0.15) is 25.3 Å². The molecule has 0 radical (unpaired) electrons. The summed E-state index contributed by atoms with van der Waals surface area (Å²) in [7, 11) is -3.09. The highest BCUT2D eigenvalue weighted by Gasteiger charge is 2.21. The minimum Gasteiger partial charge on any atom is -0.313 e. The second-order valence-corrected chi connectivity index (χ2v) is 7.61. The lowest BCUT2D eigenvalue weighted by Gasteiger charge is -2.16. The van der Waals surface area contributed by atoms with E-state index >= 15 is 0 Å². The molecule has 5 heteroatoms. The van der Waals surface area contributed by atoms with Gasteiger partial charge >= 0.3 is 0 Å². The highest BCUT2D eigenvalue weighted by atomic mass is 32.2. The van der Waals surface area contributed by atoms with Crippen molar-refractivity contribution >= 4 is 9.84 Å². The van der Waals surface area contributed by atoms with Crippen molar-refractivity contribution in [3.8, 4) is 0 Å². The Bertz CT molecular complexity index is 525. The smallest absolute Gasteiger partial charge is 0.175 e. The molecule has 1 aromatic carbocycles. The monoisotopic (exact) mass is 296 g/mol. The first-order valence-corrected chi connectivity index (χ1v) is 9.13. The van der Waals surface area contributed by atoms with Crippen molar-refractivity contribution in [3.63, 3.8) is 0 Å². The highest BCUT2D eigenvalue weighted by molar-refractivity contribution is 7.90. The van der Waals surface area contributed by atoms with E-state index in [0.29, 0.717) is 10.9 Å². The molecule has 0 saturated carbocycles. The largest absolute Gasteiger partial charge is 0.313 e. The van der Waals surface area contributed by atoms with E-state index in [9.17, 15) is 8.42 Å². The molecule has 0 aromatic heterocycles. The minimum atomic E-state index is -3.09. The maximum atomic E-state index is 11.4. The third-order valence-electron chi connectivity index (χ3n) is 3.71. The molecule has 112 valence electrons. The molecule has 2 rings (SSSR count). The lowest BCUT2D eigenvalue weighted by molar-refractivity contribution is 0.320. The van der Waals surface area contributed by atoms with Crippen molar-refractivity contribution < 1.29 is 8.42 Å². The number of nitrogens with zero attached hydrogens (tertiary/aromatic N) is 1. The van der Waals surface area contributed by atoms with Crippen LogP contribution in [-0.4, -0.2) is 45.2 Å². The molecule has 0 amide bonds. The van der Waals surface area contributed by atoms with Gasteiger partial charge in [-0.2, -0.15) is 0 Å². The molecule has 1 aliphatic rings. The van der Waals surface area contributed by atoms with Crippen LogP contribution in [-0.2, 0) is 16.4 Å². The Labute approximate surface area is 122 Å². The summed E-state index contributed by atoms with van der Waals surface area (Å²) in [6, 6.07) is 7.85. The zero-order chi connectivity index (χ0) is 14.6. The summed E-state index contributed by atoms with van der Waals surface area (Å²) >= 11 is 0. The summed E-state index contributed by atoms with van der Waals surface area (Å²) in [6.07, 6.45) is 3.61. The molecular formula is C15H24N2O2S. The summed E-state index contributed by atoms with van der Waals surface area (Å²) < 4.78 is 22.8. The second-order valence-electron chi connectivity index (χ2n) is 5.59. The van der Waals surface area contributed by atoms with Gasteiger partial charge in [-0.25, -0.2) is 8.42 Å².